The largest absolute Gasteiger partial charge is 0.477 e. The standard InChI is InChI=1S/C20H22FN7O2/c21-12-10-13-14-4-3-7-27(14)15-5-8-28-18(25-15)16(17(22)26-28)19(29)23-6-1-2-9-30-20(13)24-11-12/h5,8,10-11,14H,1-4,6-7,9H2,(H2,22,26)(H,23,29). The van der Waals surface area contributed by atoms with E-state index in [2.05, 4.69) is 20.3 Å². The van der Waals surface area contributed by atoms with Crippen LogP contribution in [-0.2, 0) is 0 Å². The lowest BCUT2D eigenvalue weighted by Crippen LogP contribution is -2.26. The molecule has 30 heavy (non-hydrogen) atoms. The maximum absolute atomic E-state index is 14.1. The van der Waals surface area contributed by atoms with E-state index in [1.54, 1.807) is 6.20 Å². The molecule has 3 aromatic rings. The number of amides is 1. The number of carbonyl (C=O) groups excluding carboxylic acids is 1. The molecule has 3 N–H and O–H groups in total. The summed E-state index contributed by atoms with van der Waals surface area (Å²) in [5, 5.41) is 7.09. The third-order valence-corrected chi connectivity index (χ3v) is 5.57. The highest BCUT2D eigenvalue weighted by atomic mass is 19.1. The zero-order valence-corrected chi connectivity index (χ0v) is 16.3. The number of nitrogen functional groups attached to an aromatic ring is 1. The van der Waals surface area contributed by atoms with Gasteiger partial charge >= 0.3 is 0 Å². The molecule has 3 aromatic heterocycles. The van der Waals surface area contributed by atoms with E-state index in [1.807, 2.05) is 6.07 Å². The minimum absolute atomic E-state index is 0.124. The molecule has 5 heterocycles. The number of hydrogen-bond donors (Lipinski definition) is 2. The fraction of sp³-hybridized carbons (Fsp3) is 0.400. The fourth-order valence-electron chi connectivity index (χ4n) is 4.17. The Kier molecular flexibility index (Phi) is 4.61. The average Bonchev–Trinajstić information content (AvgIpc) is 3.33. The molecular weight excluding hydrogens is 389 g/mol. The first-order chi connectivity index (χ1) is 14.6. The lowest BCUT2D eigenvalue weighted by atomic mass is 10.1. The summed E-state index contributed by atoms with van der Waals surface area (Å²) in [6.45, 7) is 1.65. The molecule has 1 atom stereocenters. The van der Waals surface area contributed by atoms with E-state index in [9.17, 15) is 9.18 Å². The van der Waals surface area contributed by atoms with Crippen LogP contribution in [0.2, 0.25) is 0 Å². The van der Waals surface area contributed by atoms with Crippen LogP contribution in [0.5, 0.6) is 5.88 Å². The number of rotatable bonds is 0. The molecule has 2 bridgehead atoms. The molecule has 0 spiro atoms. The molecule has 0 saturated carbocycles. The van der Waals surface area contributed by atoms with Crippen molar-refractivity contribution < 1.29 is 13.9 Å². The molecule has 0 aromatic carbocycles. The van der Waals surface area contributed by atoms with E-state index in [0.29, 0.717) is 36.1 Å². The molecule has 10 heteroatoms. The molecule has 2 aliphatic rings. The summed E-state index contributed by atoms with van der Waals surface area (Å²) in [7, 11) is 0. The van der Waals surface area contributed by atoms with Crippen molar-refractivity contribution in [3.05, 3.63) is 41.5 Å². The first-order valence-corrected chi connectivity index (χ1v) is 10.1. The van der Waals surface area contributed by atoms with Gasteiger partial charge in [0.1, 0.15) is 17.2 Å². The number of halogens is 1. The maximum atomic E-state index is 14.1. The fourth-order valence-corrected chi connectivity index (χ4v) is 4.17. The third-order valence-electron chi connectivity index (χ3n) is 5.57. The highest BCUT2D eigenvalue weighted by Gasteiger charge is 2.31. The van der Waals surface area contributed by atoms with Gasteiger partial charge in [-0.05, 0) is 37.8 Å². The summed E-state index contributed by atoms with van der Waals surface area (Å²) < 4.78 is 21.5. The number of ether oxygens (including phenoxy) is 1. The van der Waals surface area contributed by atoms with Crippen LogP contribution >= 0.6 is 0 Å². The van der Waals surface area contributed by atoms with E-state index in [-0.39, 0.29) is 23.3 Å². The lowest BCUT2D eigenvalue weighted by Gasteiger charge is -2.27. The van der Waals surface area contributed by atoms with E-state index in [0.717, 1.165) is 32.2 Å². The Balaban J connectivity index is 1.64. The zero-order chi connectivity index (χ0) is 20.7. The number of nitrogens with two attached hydrogens (primary N) is 1. The van der Waals surface area contributed by atoms with Crippen molar-refractivity contribution >= 4 is 23.2 Å². The van der Waals surface area contributed by atoms with Crippen molar-refractivity contribution in [1.29, 1.82) is 0 Å². The van der Waals surface area contributed by atoms with Crippen molar-refractivity contribution in [2.45, 2.75) is 31.7 Å². The topological polar surface area (TPSA) is 111 Å². The quantitative estimate of drug-likeness (QED) is 0.583. The van der Waals surface area contributed by atoms with Gasteiger partial charge < -0.3 is 20.7 Å². The molecule has 5 rings (SSSR count). The Morgan fingerprint density at radius 2 is 2.20 bits per heavy atom. The van der Waals surface area contributed by atoms with Crippen LogP contribution in [0, 0.1) is 5.82 Å². The van der Waals surface area contributed by atoms with Crippen LogP contribution in [0.15, 0.2) is 24.5 Å². The second-order valence-electron chi connectivity index (χ2n) is 7.52. The summed E-state index contributed by atoms with van der Waals surface area (Å²) in [5.74, 6) is 0.560. The van der Waals surface area contributed by atoms with Gasteiger partial charge in [0, 0.05) is 24.8 Å². The van der Waals surface area contributed by atoms with E-state index < -0.39 is 5.82 Å². The predicted molar refractivity (Wildman–Crippen MR) is 108 cm³/mol. The van der Waals surface area contributed by atoms with Gasteiger partial charge in [0.05, 0.1) is 18.8 Å². The van der Waals surface area contributed by atoms with Crippen molar-refractivity contribution in [3.63, 3.8) is 0 Å². The number of pyridine rings is 1. The molecule has 0 aliphatic carbocycles. The highest BCUT2D eigenvalue weighted by molar-refractivity contribution is 6.04. The van der Waals surface area contributed by atoms with E-state index >= 15 is 0 Å². The van der Waals surface area contributed by atoms with Crippen molar-refractivity contribution in [1.82, 2.24) is 24.9 Å². The Bertz CT molecular complexity index is 1120. The molecule has 2 aliphatic heterocycles. The molecule has 1 unspecified atom stereocenters. The van der Waals surface area contributed by atoms with Gasteiger partial charge in [0.25, 0.3) is 5.91 Å². The Morgan fingerprint density at radius 3 is 3.10 bits per heavy atom. The van der Waals surface area contributed by atoms with Gasteiger partial charge in [0.15, 0.2) is 11.5 Å². The number of aromatic nitrogens is 4. The summed E-state index contributed by atoms with van der Waals surface area (Å²) in [4.78, 5) is 23.7. The third kappa shape index (κ3) is 3.17. The number of nitrogens with one attached hydrogen (secondary N) is 1. The summed E-state index contributed by atoms with van der Waals surface area (Å²) in [6.07, 6.45) is 6.09. The van der Waals surface area contributed by atoms with Crippen LogP contribution in [0.1, 0.15) is 47.6 Å². The van der Waals surface area contributed by atoms with Gasteiger partial charge in [-0.15, -0.1) is 5.10 Å². The second kappa shape index (κ2) is 7.43. The van der Waals surface area contributed by atoms with Crippen molar-refractivity contribution in [2.75, 3.05) is 30.3 Å². The Morgan fingerprint density at radius 1 is 1.30 bits per heavy atom. The van der Waals surface area contributed by atoms with Crippen molar-refractivity contribution in [3.8, 4) is 5.88 Å². The summed E-state index contributed by atoms with van der Waals surface area (Å²) in [5.41, 5.74) is 7.40. The SMILES string of the molecule is Nc1nn2ccc3nc2c1C(=O)NCCCCOc1ncc(F)cc1C1CCCN31. The maximum Gasteiger partial charge on any atom is 0.258 e. The van der Waals surface area contributed by atoms with Crippen LogP contribution in [0.4, 0.5) is 16.0 Å². The normalized spacial score (nSPS) is 19.6. The van der Waals surface area contributed by atoms with Crippen LogP contribution < -0.4 is 20.7 Å². The predicted octanol–water partition coefficient (Wildman–Crippen LogP) is 2.09. The summed E-state index contributed by atoms with van der Waals surface area (Å²) in [6, 6.07) is 3.20. The second-order valence-corrected chi connectivity index (χ2v) is 7.52. The number of fused-ring (bicyclic) bond motifs is 5. The molecule has 156 valence electrons. The van der Waals surface area contributed by atoms with E-state index in [1.165, 1.54) is 16.8 Å². The molecule has 1 amide bonds. The van der Waals surface area contributed by atoms with Gasteiger partial charge in [0.2, 0.25) is 5.88 Å². The van der Waals surface area contributed by atoms with Crippen LogP contribution in [-0.4, -0.2) is 45.2 Å². The molecule has 9 nitrogen and oxygen atoms in total. The zero-order valence-electron chi connectivity index (χ0n) is 16.3. The van der Waals surface area contributed by atoms with Gasteiger partial charge in [-0.1, -0.05) is 0 Å². The molecular formula is C20H22FN7O2. The number of hydrogen-bond acceptors (Lipinski definition) is 7. The number of anilines is 2. The minimum atomic E-state index is -0.397. The minimum Gasteiger partial charge on any atom is -0.477 e. The molecule has 1 fully saturated rings. The van der Waals surface area contributed by atoms with E-state index in [4.69, 9.17) is 15.5 Å². The summed E-state index contributed by atoms with van der Waals surface area (Å²) >= 11 is 0. The first kappa shape index (κ1) is 18.6. The molecule has 1 saturated heterocycles. The van der Waals surface area contributed by atoms with Crippen molar-refractivity contribution in [2.24, 2.45) is 0 Å². The van der Waals surface area contributed by atoms with Gasteiger partial charge in [-0.3, -0.25) is 4.79 Å². The smallest absolute Gasteiger partial charge is 0.258 e. The Hall–Kier alpha value is -3.43. The first-order valence-electron chi connectivity index (χ1n) is 10.1. The van der Waals surface area contributed by atoms with Gasteiger partial charge in [-0.25, -0.2) is 18.9 Å². The average molecular weight is 411 g/mol. The number of nitrogens with zero attached hydrogens (tertiary/aromatic N) is 5. The molecule has 0 radical (unpaired) electrons. The monoisotopic (exact) mass is 411 g/mol. The van der Waals surface area contributed by atoms with Crippen LogP contribution in [0.25, 0.3) is 5.65 Å². The number of carbonyl (C=O) groups is 1. The van der Waals surface area contributed by atoms with Gasteiger partial charge in [-0.2, -0.15) is 0 Å². The lowest BCUT2D eigenvalue weighted by molar-refractivity contribution is 0.0954. The Labute approximate surface area is 172 Å². The van der Waals surface area contributed by atoms with Crippen LogP contribution in [0.3, 0.4) is 0 Å². The highest BCUT2D eigenvalue weighted by Crippen LogP contribution is 2.39.